The highest BCUT2D eigenvalue weighted by Gasteiger charge is 2.06. The molecule has 1 aromatic carbocycles. The zero-order valence-corrected chi connectivity index (χ0v) is 10.5. The van der Waals surface area contributed by atoms with Crippen LogP contribution in [-0.4, -0.2) is 9.97 Å². The monoisotopic (exact) mass is 241 g/mol. The summed E-state index contributed by atoms with van der Waals surface area (Å²) in [6, 6.07) is 9.39. The highest BCUT2D eigenvalue weighted by atomic mass is 32.1. The smallest absolute Gasteiger partial charge is 0.159 e. The lowest BCUT2D eigenvalue weighted by Crippen LogP contribution is -1.94. The van der Waals surface area contributed by atoms with E-state index in [0.717, 1.165) is 17.0 Å². The van der Waals surface area contributed by atoms with Crippen LogP contribution < -0.4 is 0 Å². The van der Waals surface area contributed by atoms with Gasteiger partial charge in [-0.2, -0.15) is 5.26 Å². The van der Waals surface area contributed by atoms with Crippen molar-refractivity contribution in [3.8, 4) is 17.5 Å². The topological polar surface area (TPSA) is 49.6 Å². The maximum atomic E-state index is 8.84. The maximum absolute atomic E-state index is 8.84. The molecule has 0 saturated carbocycles. The first-order chi connectivity index (χ1) is 8.10. The van der Waals surface area contributed by atoms with E-state index >= 15 is 0 Å². The lowest BCUT2D eigenvalue weighted by atomic mass is 10.1. The van der Waals surface area contributed by atoms with Gasteiger partial charge in [-0.15, -0.1) is 12.6 Å². The summed E-state index contributed by atoms with van der Waals surface area (Å²) in [6.07, 6.45) is 0. The molecule has 0 radical (unpaired) electrons. The Morgan fingerprint density at radius 3 is 2.29 bits per heavy atom. The van der Waals surface area contributed by atoms with Gasteiger partial charge in [-0.05, 0) is 38.1 Å². The zero-order valence-electron chi connectivity index (χ0n) is 9.60. The number of hydrogen-bond donors (Lipinski definition) is 1. The van der Waals surface area contributed by atoms with E-state index in [9.17, 15) is 0 Å². The Morgan fingerprint density at radius 2 is 1.76 bits per heavy atom. The molecule has 0 spiro atoms. The zero-order chi connectivity index (χ0) is 12.4. The number of aromatic nitrogens is 2. The van der Waals surface area contributed by atoms with Crippen molar-refractivity contribution in [2.45, 2.75) is 18.7 Å². The molecule has 17 heavy (non-hydrogen) atoms. The molecule has 0 bridgehead atoms. The van der Waals surface area contributed by atoms with Crippen molar-refractivity contribution in [3.63, 3.8) is 0 Å². The highest BCUT2D eigenvalue weighted by Crippen LogP contribution is 2.22. The first kappa shape index (κ1) is 11.6. The molecule has 1 heterocycles. The Balaban J connectivity index is 2.54. The van der Waals surface area contributed by atoms with E-state index in [0.29, 0.717) is 16.3 Å². The molecule has 3 nitrogen and oxygen atoms in total. The highest BCUT2D eigenvalue weighted by molar-refractivity contribution is 7.80. The first-order valence-corrected chi connectivity index (χ1v) is 5.60. The van der Waals surface area contributed by atoms with Crippen molar-refractivity contribution in [1.82, 2.24) is 9.97 Å². The third-order valence-electron chi connectivity index (χ3n) is 2.36. The van der Waals surface area contributed by atoms with Gasteiger partial charge in [0, 0.05) is 21.8 Å². The van der Waals surface area contributed by atoms with Gasteiger partial charge in [0.05, 0.1) is 5.56 Å². The van der Waals surface area contributed by atoms with Gasteiger partial charge < -0.3 is 0 Å². The summed E-state index contributed by atoms with van der Waals surface area (Å²) in [5.41, 5.74) is 3.29. The van der Waals surface area contributed by atoms with Crippen LogP contribution in [0.1, 0.15) is 17.0 Å². The summed E-state index contributed by atoms with van der Waals surface area (Å²) < 4.78 is 0. The van der Waals surface area contributed by atoms with Crippen LogP contribution in [0.2, 0.25) is 0 Å². The van der Waals surface area contributed by atoms with Crippen molar-refractivity contribution in [1.29, 1.82) is 5.26 Å². The Kier molecular flexibility index (Phi) is 3.12. The molecule has 0 aliphatic carbocycles. The molecular formula is C13H11N3S. The molecule has 0 aliphatic rings. The van der Waals surface area contributed by atoms with Gasteiger partial charge >= 0.3 is 0 Å². The van der Waals surface area contributed by atoms with Crippen LogP contribution in [0.15, 0.2) is 29.2 Å². The second kappa shape index (κ2) is 4.56. The van der Waals surface area contributed by atoms with Crippen LogP contribution in [0.5, 0.6) is 0 Å². The first-order valence-electron chi connectivity index (χ1n) is 5.16. The molecule has 84 valence electrons. The fourth-order valence-electron chi connectivity index (χ4n) is 1.62. The average Bonchev–Trinajstić information content (AvgIpc) is 2.27. The van der Waals surface area contributed by atoms with Gasteiger partial charge in [0.2, 0.25) is 0 Å². The number of thiol groups is 1. The van der Waals surface area contributed by atoms with Crippen LogP contribution in [0.25, 0.3) is 11.4 Å². The Labute approximate surface area is 106 Å². The number of benzene rings is 1. The largest absolute Gasteiger partial charge is 0.233 e. The van der Waals surface area contributed by atoms with Crippen LogP contribution >= 0.6 is 12.6 Å². The van der Waals surface area contributed by atoms with Gasteiger partial charge in [0.1, 0.15) is 6.07 Å². The molecule has 0 saturated heterocycles. The Bertz CT molecular complexity index is 594. The molecule has 4 heteroatoms. The van der Waals surface area contributed by atoms with E-state index in [1.807, 2.05) is 32.0 Å². The van der Waals surface area contributed by atoms with E-state index < -0.39 is 0 Å². The van der Waals surface area contributed by atoms with Gasteiger partial charge in [-0.1, -0.05) is 0 Å². The van der Waals surface area contributed by atoms with Crippen LogP contribution in [0.3, 0.4) is 0 Å². The quantitative estimate of drug-likeness (QED) is 0.781. The van der Waals surface area contributed by atoms with Crippen molar-refractivity contribution < 1.29 is 0 Å². The Hall–Kier alpha value is -1.86. The fourth-order valence-corrected chi connectivity index (χ4v) is 1.88. The minimum absolute atomic E-state index is 0.557. The minimum atomic E-state index is 0.557. The van der Waals surface area contributed by atoms with Crippen LogP contribution in [0, 0.1) is 25.2 Å². The van der Waals surface area contributed by atoms with E-state index in [1.54, 1.807) is 6.07 Å². The van der Waals surface area contributed by atoms with E-state index in [4.69, 9.17) is 5.26 Å². The van der Waals surface area contributed by atoms with Crippen molar-refractivity contribution in [3.05, 3.63) is 41.2 Å². The summed E-state index contributed by atoms with van der Waals surface area (Å²) in [6.45, 7) is 3.87. The van der Waals surface area contributed by atoms with Gasteiger partial charge in [0.25, 0.3) is 0 Å². The number of nitriles is 1. The molecule has 0 atom stereocenters. The van der Waals surface area contributed by atoms with Crippen molar-refractivity contribution >= 4 is 12.6 Å². The minimum Gasteiger partial charge on any atom is -0.233 e. The SMILES string of the molecule is Cc1cc(C)nc(-c2ccc(C#N)c(S)c2)n1. The molecule has 1 aromatic heterocycles. The van der Waals surface area contributed by atoms with Crippen molar-refractivity contribution in [2.24, 2.45) is 0 Å². The van der Waals surface area contributed by atoms with Gasteiger partial charge in [0.15, 0.2) is 5.82 Å². The summed E-state index contributed by atoms with van der Waals surface area (Å²) in [5.74, 6) is 0.669. The van der Waals surface area contributed by atoms with E-state index in [2.05, 4.69) is 28.7 Å². The molecule has 0 unspecified atom stereocenters. The molecule has 2 rings (SSSR count). The number of hydrogen-bond acceptors (Lipinski definition) is 4. The predicted octanol–water partition coefficient (Wildman–Crippen LogP) is 2.92. The summed E-state index contributed by atoms with van der Waals surface area (Å²) in [7, 11) is 0. The third kappa shape index (κ3) is 2.45. The lowest BCUT2D eigenvalue weighted by molar-refractivity contribution is 1.06. The van der Waals surface area contributed by atoms with Gasteiger partial charge in [-0.25, -0.2) is 9.97 Å². The van der Waals surface area contributed by atoms with Crippen LogP contribution in [-0.2, 0) is 0 Å². The summed E-state index contributed by atoms with van der Waals surface area (Å²) in [5, 5.41) is 8.84. The summed E-state index contributed by atoms with van der Waals surface area (Å²) >= 11 is 4.27. The van der Waals surface area contributed by atoms with Crippen molar-refractivity contribution in [2.75, 3.05) is 0 Å². The predicted molar refractivity (Wildman–Crippen MR) is 68.9 cm³/mol. The molecular weight excluding hydrogens is 230 g/mol. The molecule has 0 fully saturated rings. The standard InChI is InChI=1S/C13H11N3S/c1-8-5-9(2)16-13(15-8)10-3-4-11(7-14)12(17)6-10/h3-6,17H,1-2H3. The van der Waals surface area contributed by atoms with E-state index in [-0.39, 0.29) is 0 Å². The second-order valence-electron chi connectivity index (χ2n) is 3.82. The number of rotatable bonds is 1. The number of aryl methyl sites for hydroxylation is 2. The maximum Gasteiger partial charge on any atom is 0.159 e. The van der Waals surface area contributed by atoms with Crippen LogP contribution in [0.4, 0.5) is 0 Å². The summed E-state index contributed by atoms with van der Waals surface area (Å²) in [4.78, 5) is 9.39. The Morgan fingerprint density at radius 1 is 1.12 bits per heavy atom. The number of nitrogens with zero attached hydrogens (tertiary/aromatic N) is 3. The van der Waals surface area contributed by atoms with Gasteiger partial charge in [-0.3, -0.25) is 0 Å². The molecule has 0 N–H and O–H groups in total. The molecule has 0 amide bonds. The lowest BCUT2D eigenvalue weighted by Gasteiger charge is -2.04. The second-order valence-corrected chi connectivity index (χ2v) is 4.30. The average molecular weight is 241 g/mol. The molecule has 0 aliphatic heterocycles. The third-order valence-corrected chi connectivity index (χ3v) is 2.73. The fraction of sp³-hybridized carbons (Fsp3) is 0.154. The normalized spacial score (nSPS) is 10.0. The molecule has 2 aromatic rings. The van der Waals surface area contributed by atoms with E-state index in [1.165, 1.54) is 0 Å².